The molecule has 1 aromatic heterocycles. The Balaban J connectivity index is 1.66. The largest absolute Gasteiger partial charge is 0.489 e. The zero-order valence-electron chi connectivity index (χ0n) is 15.2. The van der Waals surface area contributed by atoms with Gasteiger partial charge in [0, 0.05) is 44.1 Å². The van der Waals surface area contributed by atoms with Gasteiger partial charge in [0.05, 0.1) is 17.8 Å². The van der Waals surface area contributed by atoms with Crippen molar-refractivity contribution in [3.63, 3.8) is 0 Å². The van der Waals surface area contributed by atoms with Crippen LogP contribution >= 0.6 is 11.6 Å². The summed E-state index contributed by atoms with van der Waals surface area (Å²) in [5.74, 6) is 0.313. The maximum Gasteiger partial charge on any atom is 0.255 e. The van der Waals surface area contributed by atoms with Gasteiger partial charge in [-0.25, -0.2) is 0 Å². The molecule has 2 heterocycles. The minimum atomic E-state index is -0.265. The first-order valence-corrected chi connectivity index (χ1v) is 9.30. The summed E-state index contributed by atoms with van der Waals surface area (Å²) in [5, 5.41) is 3.32. The van der Waals surface area contributed by atoms with Crippen molar-refractivity contribution in [1.29, 1.82) is 0 Å². The van der Waals surface area contributed by atoms with Gasteiger partial charge in [0.25, 0.3) is 5.91 Å². The van der Waals surface area contributed by atoms with Gasteiger partial charge >= 0.3 is 0 Å². The number of halogens is 1. The summed E-state index contributed by atoms with van der Waals surface area (Å²) in [6, 6.07) is 10.6. The Hall–Kier alpha value is -2.60. The number of hydrogen-bond acceptors (Lipinski definition) is 4. The normalized spacial score (nSPS) is 14.7. The summed E-state index contributed by atoms with van der Waals surface area (Å²) >= 11 is 6.08. The third-order valence-electron chi connectivity index (χ3n) is 4.52. The molecule has 27 heavy (non-hydrogen) atoms. The highest BCUT2D eigenvalue weighted by molar-refractivity contribution is 6.31. The van der Waals surface area contributed by atoms with Crippen LogP contribution in [0.15, 0.2) is 42.6 Å². The van der Waals surface area contributed by atoms with Crippen LogP contribution in [-0.4, -0.2) is 40.9 Å². The van der Waals surface area contributed by atoms with Crippen LogP contribution in [0.4, 0.5) is 0 Å². The SMILES string of the molecule is CC(=O)N1CCC(Oc2ccc(Cl)cc2C(=O)NCc2ccccn2)CC1. The molecule has 2 aromatic rings. The van der Waals surface area contributed by atoms with Gasteiger partial charge in [-0.1, -0.05) is 17.7 Å². The molecule has 6 nitrogen and oxygen atoms in total. The lowest BCUT2D eigenvalue weighted by Crippen LogP contribution is -2.40. The number of carbonyl (C=O) groups excluding carboxylic acids is 2. The number of benzene rings is 1. The number of likely N-dealkylation sites (tertiary alicyclic amines) is 1. The highest BCUT2D eigenvalue weighted by atomic mass is 35.5. The smallest absolute Gasteiger partial charge is 0.255 e. The van der Waals surface area contributed by atoms with Gasteiger partial charge < -0.3 is 15.0 Å². The molecule has 1 N–H and O–H groups in total. The topological polar surface area (TPSA) is 71.5 Å². The minimum absolute atomic E-state index is 0.0379. The van der Waals surface area contributed by atoms with Crippen LogP contribution in [-0.2, 0) is 11.3 Å². The number of nitrogens with one attached hydrogen (secondary N) is 1. The Morgan fingerprint density at radius 3 is 2.70 bits per heavy atom. The number of ether oxygens (including phenoxy) is 1. The van der Waals surface area contributed by atoms with Crippen molar-refractivity contribution in [2.24, 2.45) is 0 Å². The second kappa shape index (κ2) is 8.86. The van der Waals surface area contributed by atoms with Crippen molar-refractivity contribution in [3.8, 4) is 5.75 Å². The molecule has 1 saturated heterocycles. The molecule has 2 amide bonds. The fourth-order valence-electron chi connectivity index (χ4n) is 3.02. The molecule has 7 heteroatoms. The van der Waals surface area contributed by atoms with E-state index in [9.17, 15) is 9.59 Å². The maximum absolute atomic E-state index is 12.6. The van der Waals surface area contributed by atoms with E-state index in [1.807, 2.05) is 23.1 Å². The molecule has 142 valence electrons. The molecule has 0 spiro atoms. The summed E-state index contributed by atoms with van der Waals surface area (Å²) in [5.41, 5.74) is 1.17. The number of hydrogen-bond donors (Lipinski definition) is 1. The maximum atomic E-state index is 12.6. The van der Waals surface area contributed by atoms with E-state index in [1.54, 1.807) is 31.3 Å². The number of pyridine rings is 1. The van der Waals surface area contributed by atoms with Crippen molar-refractivity contribution >= 4 is 23.4 Å². The average molecular weight is 388 g/mol. The Morgan fingerprint density at radius 1 is 1.26 bits per heavy atom. The number of carbonyl (C=O) groups is 2. The van der Waals surface area contributed by atoms with Crippen molar-refractivity contribution in [2.75, 3.05) is 13.1 Å². The molecule has 1 aliphatic rings. The molecule has 1 fully saturated rings. The molecule has 0 bridgehead atoms. The Kier molecular flexibility index (Phi) is 6.29. The van der Waals surface area contributed by atoms with Crippen molar-refractivity contribution < 1.29 is 14.3 Å². The molecule has 1 aromatic carbocycles. The van der Waals surface area contributed by atoms with Crippen LogP contribution in [0.5, 0.6) is 5.75 Å². The van der Waals surface area contributed by atoms with Gasteiger partial charge in [-0.15, -0.1) is 0 Å². The van der Waals surface area contributed by atoms with Crippen molar-refractivity contribution in [3.05, 3.63) is 58.9 Å². The Morgan fingerprint density at radius 2 is 2.04 bits per heavy atom. The third-order valence-corrected chi connectivity index (χ3v) is 4.76. The van der Waals surface area contributed by atoms with Crippen LogP contribution in [0.2, 0.25) is 5.02 Å². The zero-order chi connectivity index (χ0) is 19.2. The van der Waals surface area contributed by atoms with Crippen molar-refractivity contribution in [2.45, 2.75) is 32.4 Å². The molecule has 1 aliphatic heterocycles. The second-order valence-electron chi connectivity index (χ2n) is 6.47. The summed E-state index contributed by atoms with van der Waals surface area (Å²) in [7, 11) is 0. The van der Waals surface area contributed by atoms with Gasteiger partial charge in [0.2, 0.25) is 5.91 Å². The number of nitrogens with zero attached hydrogens (tertiary/aromatic N) is 2. The molecular weight excluding hydrogens is 366 g/mol. The highest BCUT2D eigenvalue weighted by Gasteiger charge is 2.23. The fourth-order valence-corrected chi connectivity index (χ4v) is 3.19. The Bertz CT molecular complexity index is 805. The number of aromatic nitrogens is 1. The van der Waals surface area contributed by atoms with Crippen LogP contribution in [0, 0.1) is 0 Å². The molecule has 0 unspecified atom stereocenters. The number of rotatable bonds is 5. The van der Waals surface area contributed by atoms with E-state index in [0.29, 0.717) is 36.0 Å². The predicted octanol–water partition coefficient (Wildman–Crippen LogP) is 3.05. The van der Waals surface area contributed by atoms with E-state index in [2.05, 4.69) is 10.3 Å². The van der Waals surface area contributed by atoms with Gasteiger partial charge in [0.15, 0.2) is 0 Å². The lowest BCUT2D eigenvalue weighted by molar-refractivity contribution is -0.130. The average Bonchev–Trinajstić information content (AvgIpc) is 2.68. The number of amides is 2. The zero-order valence-corrected chi connectivity index (χ0v) is 15.9. The third kappa shape index (κ3) is 5.20. The lowest BCUT2D eigenvalue weighted by atomic mass is 10.1. The van der Waals surface area contributed by atoms with Crippen LogP contribution < -0.4 is 10.1 Å². The Labute approximate surface area is 163 Å². The van der Waals surface area contributed by atoms with Gasteiger partial charge in [-0.2, -0.15) is 0 Å². The van der Waals surface area contributed by atoms with E-state index < -0.39 is 0 Å². The highest BCUT2D eigenvalue weighted by Crippen LogP contribution is 2.26. The van der Waals surface area contributed by atoms with Gasteiger partial charge in [-0.05, 0) is 30.3 Å². The summed E-state index contributed by atoms with van der Waals surface area (Å²) in [6.07, 6.45) is 3.11. The fraction of sp³-hybridized carbons (Fsp3) is 0.350. The molecule has 0 radical (unpaired) electrons. The molecular formula is C20H22ClN3O3. The van der Waals surface area contributed by atoms with E-state index >= 15 is 0 Å². The van der Waals surface area contributed by atoms with Crippen LogP contribution in [0.25, 0.3) is 0 Å². The van der Waals surface area contributed by atoms with Gasteiger partial charge in [-0.3, -0.25) is 14.6 Å². The summed E-state index contributed by atoms with van der Waals surface area (Å²) < 4.78 is 6.07. The van der Waals surface area contributed by atoms with E-state index in [1.165, 1.54) is 0 Å². The van der Waals surface area contributed by atoms with Gasteiger partial charge in [0.1, 0.15) is 11.9 Å². The van der Waals surface area contributed by atoms with Crippen LogP contribution in [0.3, 0.4) is 0 Å². The lowest BCUT2D eigenvalue weighted by Gasteiger charge is -2.31. The quantitative estimate of drug-likeness (QED) is 0.855. The second-order valence-corrected chi connectivity index (χ2v) is 6.90. The van der Waals surface area contributed by atoms with E-state index in [-0.39, 0.29) is 17.9 Å². The van der Waals surface area contributed by atoms with E-state index in [0.717, 1.165) is 18.5 Å². The first-order chi connectivity index (χ1) is 13.0. The standard InChI is InChI=1S/C20H22ClN3O3/c1-14(25)24-10-7-17(8-11-24)27-19-6-5-15(21)12-18(19)20(26)23-13-16-4-2-3-9-22-16/h2-6,9,12,17H,7-8,10-11,13H2,1H3,(H,23,26). The van der Waals surface area contributed by atoms with Crippen LogP contribution in [0.1, 0.15) is 35.8 Å². The number of piperidine rings is 1. The first-order valence-electron chi connectivity index (χ1n) is 8.93. The molecule has 0 atom stereocenters. The minimum Gasteiger partial charge on any atom is -0.489 e. The monoisotopic (exact) mass is 387 g/mol. The van der Waals surface area contributed by atoms with E-state index in [4.69, 9.17) is 16.3 Å². The summed E-state index contributed by atoms with van der Waals surface area (Å²) in [6.45, 7) is 3.22. The van der Waals surface area contributed by atoms with Crippen molar-refractivity contribution in [1.82, 2.24) is 15.2 Å². The summed E-state index contributed by atoms with van der Waals surface area (Å²) in [4.78, 5) is 30.1. The predicted molar refractivity (Wildman–Crippen MR) is 103 cm³/mol. The molecule has 0 saturated carbocycles. The molecule has 3 rings (SSSR count). The molecule has 0 aliphatic carbocycles. The first kappa shape index (κ1) is 19.2.